The zero-order valence-electron chi connectivity index (χ0n) is 22.3. The van der Waals surface area contributed by atoms with Crippen LogP contribution in [0.15, 0.2) is 12.3 Å². The van der Waals surface area contributed by atoms with E-state index in [4.69, 9.17) is 10.1 Å². The van der Waals surface area contributed by atoms with Crippen LogP contribution in [0.1, 0.15) is 68.1 Å². The van der Waals surface area contributed by atoms with Crippen molar-refractivity contribution in [2.45, 2.75) is 90.9 Å². The highest BCUT2D eigenvalue weighted by Gasteiger charge is 2.44. The molecule has 4 heterocycles. The Hall–Kier alpha value is -2.45. The fraction of sp³-hybridized carbons (Fsp3) is 0.679. The first-order valence-corrected chi connectivity index (χ1v) is 13.8. The highest BCUT2D eigenvalue weighted by atomic mass is 16.3. The maximum absolute atomic E-state index is 9.52. The van der Waals surface area contributed by atoms with Crippen molar-refractivity contribution in [1.29, 1.82) is 0 Å². The summed E-state index contributed by atoms with van der Waals surface area (Å²) in [6.45, 7) is 9.52. The third kappa shape index (κ3) is 4.12. The minimum Gasteiger partial charge on any atom is -0.395 e. The second-order valence-electron chi connectivity index (χ2n) is 11.9. The van der Waals surface area contributed by atoms with Crippen LogP contribution in [0, 0.1) is 25.2 Å². The van der Waals surface area contributed by atoms with Gasteiger partial charge in [-0.1, -0.05) is 6.42 Å². The number of fused-ring (bicyclic) bond motifs is 4. The van der Waals surface area contributed by atoms with Gasteiger partial charge in [0.05, 0.1) is 29.6 Å². The van der Waals surface area contributed by atoms with Gasteiger partial charge in [0.25, 0.3) is 0 Å². The molecule has 1 aliphatic heterocycles. The molecular weight excluding hydrogens is 450 g/mol. The lowest BCUT2D eigenvalue weighted by Crippen LogP contribution is -2.51. The fourth-order valence-electron chi connectivity index (χ4n) is 7.43. The van der Waals surface area contributed by atoms with Crippen LogP contribution in [-0.4, -0.2) is 54.9 Å². The van der Waals surface area contributed by atoms with Gasteiger partial charge in [-0.25, -0.2) is 4.98 Å². The molecule has 8 heteroatoms. The van der Waals surface area contributed by atoms with Crippen LogP contribution in [0.3, 0.4) is 0 Å². The first-order chi connectivity index (χ1) is 17.4. The molecule has 0 aromatic carbocycles. The van der Waals surface area contributed by atoms with Gasteiger partial charge >= 0.3 is 0 Å². The van der Waals surface area contributed by atoms with Gasteiger partial charge in [-0.3, -0.25) is 9.36 Å². The lowest BCUT2D eigenvalue weighted by molar-refractivity contribution is 0.0273. The summed E-state index contributed by atoms with van der Waals surface area (Å²) in [5.41, 5.74) is 7.62. The summed E-state index contributed by atoms with van der Waals surface area (Å²) < 4.78 is 4.27. The quantitative estimate of drug-likeness (QED) is 0.548. The number of aryl methyl sites for hydroxylation is 3. The Labute approximate surface area is 214 Å². The van der Waals surface area contributed by atoms with E-state index in [1.807, 2.05) is 17.9 Å². The molecule has 0 spiro atoms. The van der Waals surface area contributed by atoms with E-state index in [0.717, 1.165) is 48.7 Å². The molecule has 8 nitrogen and oxygen atoms in total. The average Bonchev–Trinajstić information content (AvgIpc) is 3.39. The first-order valence-electron chi connectivity index (χ1n) is 13.8. The number of aliphatic hydroxyl groups excluding tert-OH is 1. The molecule has 2 aliphatic carbocycles. The summed E-state index contributed by atoms with van der Waals surface area (Å²) in [5, 5.41) is 24.0. The van der Waals surface area contributed by atoms with Crippen molar-refractivity contribution in [3.63, 3.8) is 0 Å². The van der Waals surface area contributed by atoms with Crippen molar-refractivity contribution >= 4 is 16.7 Å². The molecule has 4 unspecified atom stereocenters. The molecule has 0 amide bonds. The Morgan fingerprint density at radius 1 is 1.25 bits per heavy atom. The zero-order valence-corrected chi connectivity index (χ0v) is 22.3. The van der Waals surface area contributed by atoms with Gasteiger partial charge in [0, 0.05) is 62.1 Å². The van der Waals surface area contributed by atoms with Gasteiger partial charge in [-0.05, 0) is 70.3 Å². The standard InChI is InChI=1S/C28H41N7O/c1-18-12-26(22-14-29-33(4)27(22)31-18)34-11-8-25-23(15-34)20(3)32-35(25)17-28-9-5-6-21(13-28)24(7-10-28)30-19(2)16-36/h12,14,19,21,24,30,36H,5-11,13,15-17H2,1-4H3. The first kappa shape index (κ1) is 23.9. The van der Waals surface area contributed by atoms with Crippen LogP contribution in [0.25, 0.3) is 11.0 Å². The van der Waals surface area contributed by atoms with Gasteiger partial charge in [0.15, 0.2) is 5.65 Å². The van der Waals surface area contributed by atoms with Crippen molar-refractivity contribution in [2.24, 2.45) is 18.4 Å². The Bertz CT molecular complexity index is 1260. The summed E-state index contributed by atoms with van der Waals surface area (Å²) in [6, 6.07) is 2.95. The number of nitrogens with one attached hydrogen (secondary N) is 1. The van der Waals surface area contributed by atoms with Crippen molar-refractivity contribution in [1.82, 2.24) is 29.9 Å². The van der Waals surface area contributed by atoms with Gasteiger partial charge in [0.1, 0.15) is 0 Å². The Morgan fingerprint density at radius 3 is 2.94 bits per heavy atom. The summed E-state index contributed by atoms with van der Waals surface area (Å²) >= 11 is 0. The topological polar surface area (TPSA) is 84.0 Å². The number of nitrogens with zero attached hydrogens (tertiary/aromatic N) is 6. The molecule has 36 heavy (non-hydrogen) atoms. The molecule has 194 valence electrons. The molecule has 2 saturated carbocycles. The predicted molar refractivity (Wildman–Crippen MR) is 142 cm³/mol. The molecule has 2 fully saturated rings. The molecule has 3 aromatic heterocycles. The molecule has 2 N–H and O–H groups in total. The van der Waals surface area contributed by atoms with E-state index >= 15 is 0 Å². The normalized spacial score (nSPS) is 26.9. The van der Waals surface area contributed by atoms with Gasteiger partial charge in [-0.2, -0.15) is 10.2 Å². The Morgan fingerprint density at radius 2 is 2.11 bits per heavy atom. The van der Waals surface area contributed by atoms with Crippen LogP contribution in [0.5, 0.6) is 0 Å². The van der Waals surface area contributed by atoms with Crippen molar-refractivity contribution in [3.8, 4) is 0 Å². The summed E-state index contributed by atoms with van der Waals surface area (Å²) in [5.74, 6) is 0.723. The van der Waals surface area contributed by atoms with E-state index in [0.29, 0.717) is 11.5 Å². The van der Waals surface area contributed by atoms with E-state index in [2.05, 4.69) is 46.8 Å². The third-order valence-corrected chi connectivity index (χ3v) is 9.28. The number of anilines is 1. The molecule has 3 aliphatic rings. The lowest BCUT2D eigenvalue weighted by atomic mass is 9.60. The number of hydrogen-bond donors (Lipinski definition) is 2. The van der Waals surface area contributed by atoms with Crippen LogP contribution >= 0.6 is 0 Å². The molecule has 3 aromatic rings. The zero-order chi connectivity index (χ0) is 25.0. The summed E-state index contributed by atoms with van der Waals surface area (Å²) in [7, 11) is 1.97. The highest BCUT2D eigenvalue weighted by molar-refractivity contribution is 5.89. The molecule has 0 radical (unpaired) electrons. The minimum atomic E-state index is 0.185. The smallest absolute Gasteiger partial charge is 0.159 e. The van der Waals surface area contributed by atoms with Gasteiger partial charge < -0.3 is 15.3 Å². The van der Waals surface area contributed by atoms with Crippen LogP contribution in [-0.2, 0) is 26.6 Å². The SMILES string of the molecule is Cc1cc(N2CCc3c(c(C)nn3CC34CCCC(C3)C(NC(C)CO)CC4)C2)c2cnn(C)c2n1. The summed E-state index contributed by atoms with van der Waals surface area (Å²) in [4.78, 5) is 7.21. The fourth-order valence-corrected chi connectivity index (χ4v) is 7.43. The van der Waals surface area contributed by atoms with Crippen molar-refractivity contribution in [2.75, 3.05) is 18.1 Å². The van der Waals surface area contributed by atoms with E-state index < -0.39 is 0 Å². The molecule has 2 bridgehead atoms. The van der Waals surface area contributed by atoms with Gasteiger partial charge in [-0.15, -0.1) is 0 Å². The van der Waals surface area contributed by atoms with E-state index in [1.54, 1.807) is 0 Å². The molecule has 4 atom stereocenters. The number of hydrogen-bond acceptors (Lipinski definition) is 6. The van der Waals surface area contributed by atoms with Gasteiger partial charge in [0.2, 0.25) is 0 Å². The predicted octanol–water partition coefficient (Wildman–Crippen LogP) is 3.65. The number of rotatable bonds is 6. The minimum absolute atomic E-state index is 0.185. The van der Waals surface area contributed by atoms with Crippen LogP contribution in [0.4, 0.5) is 5.69 Å². The second-order valence-corrected chi connectivity index (χ2v) is 11.9. The van der Waals surface area contributed by atoms with E-state index in [-0.39, 0.29) is 12.6 Å². The van der Waals surface area contributed by atoms with Crippen molar-refractivity contribution in [3.05, 3.63) is 34.9 Å². The summed E-state index contributed by atoms with van der Waals surface area (Å²) in [6.07, 6.45) is 10.7. The number of aromatic nitrogens is 5. The van der Waals surface area contributed by atoms with Crippen molar-refractivity contribution < 1.29 is 5.11 Å². The van der Waals surface area contributed by atoms with Crippen LogP contribution < -0.4 is 10.2 Å². The van der Waals surface area contributed by atoms with Crippen LogP contribution in [0.2, 0.25) is 0 Å². The number of pyridine rings is 1. The largest absolute Gasteiger partial charge is 0.395 e. The average molecular weight is 492 g/mol. The Kier molecular flexibility index (Phi) is 6.07. The second kappa shape index (κ2) is 9.14. The molecule has 0 saturated heterocycles. The lowest BCUT2D eigenvalue weighted by Gasteiger charge is -2.49. The third-order valence-electron chi connectivity index (χ3n) is 9.28. The Balaban J connectivity index is 1.23. The molecular formula is C28H41N7O. The highest BCUT2D eigenvalue weighted by Crippen LogP contribution is 2.50. The van der Waals surface area contributed by atoms with E-state index in [1.165, 1.54) is 61.2 Å². The number of aliphatic hydroxyl groups is 1. The maximum atomic E-state index is 9.52. The maximum Gasteiger partial charge on any atom is 0.159 e. The molecule has 6 rings (SSSR count). The monoisotopic (exact) mass is 491 g/mol. The van der Waals surface area contributed by atoms with E-state index in [9.17, 15) is 5.11 Å².